The van der Waals surface area contributed by atoms with Crippen LogP contribution >= 0.6 is 0 Å². The third kappa shape index (κ3) is 5.87. The quantitative estimate of drug-likeness (QED) is 0.364. The molecule has 33 heavy (non-hydrogen) atoms. The molecule has 1 heterocycles. The Hall–Kier alpha value is -3.91. The average molecular weight is 447 g/mol. The van der Waals surface area contributed by atoms with E-state index in [1.165, 1.54) is 4.80 Å². The summed E-state index contributed by atoms with van der Waals surface area (Å²) < 4.78 is 11.4. The Bertz CT molecular complexity index is 1210. The Balaban J connectivity index is 1.38. The van der Waals surface area contributed by atoms with Crippen molar-refractivity contribution in [1.82, 2.24) is 20.3 Å². The number of aliphatic hydroxyl groups is 1. The number of ether oxygens (including phenoxy) is 2. The lowest BCUT2D eigenvalue weighted by atomic mass is 10.1. The first kappa shape index (κ1) is 22.3. The first-order valence-corrected chi connectivity index (χ1v) is 10.8. The van der Waals surface area contributed by atoms with Crippen molar-refractivity contribution in [2.45, 2.75) is 13.3 Å². The molecule has 0 fully saturated rings. The number of amides is 1. The summed E-state index contributed by atoms with van der Waals surface area (Å²) in [6, 6.07) is 20.8. The molecule has 1 aromatic heterocycles. The van der Waals surface area contributed by atoms with E-state index < -0.39 is 0 Å². The molecule has 170 valence electrons. The van der Waals surface area contributed by atoms with E-state index in [2.05, 4.69) is 15.5 Å². The van der Waals surface area contributed by atoms with Crippen LogP contribution in [0.1, 0.15) is 11.1 Å². The van der Waals surface area contributed by atoms with E-state index in [9.17, 15) is 9.90 Å². The number of nitrogens with zero attached hydrogens (tertiary/aromatic N) is 3. The predicted octanol–water partition coefficient (Wildman–Crippen LogP) is 2.84. The molecule has 0 spiro atoms. The number of rotatable bonds is 10. The first-order valence-electron chi connectivity index (χ1n) is 10.8. The molecule has 8 heteroatoms. The highest BCUT2D eigenvalue weighted by molar-refractivity contribution is 5.77. The number of fused-ring (bicyclic) bond motifs is 1. The lowest BCUT2D eigenvalue weighted by Crippen LogP contribution is -2.32. The standard InChI is InChI=1S/C25H26N4O4/c1-18-5-4-6-20(15-18)32-14-12-26-25(31)17-33-24-10-9-19(11-13-30)16-23(24)29-27-21-7-2-3-8-22(21)28-29/h2-10,15-16,30H,11-14,17H2,1H3,(H,26,31). The van der Waals surface area contributed by atoms with E-state index in [4.69, 9.17) is 9.47 Å². The van der Waals surface area contributed by atoms with Gasteiger partial charge in [0.15, 0.2) is 6.61 Å². The maximum Gasteiger partial charge on any atom is 0.258 e. The molecule has 0 bridgehead atoms. The Morgan fingerprint density at radius 3 is 2.52 bits per heavy atom. The number of hydrogen-bond acceptors (Lipinski definition) is 6. The van der Waals surface area contributed by atoms with Crippen molar-refractivity contribution in [3.8, 4) is 17.2 Å². The van der Waals surface area contributed by atoms with Crippen LogP contribution in [0, 0.1) is 6.92 Å². The van der Waals surface area contributed by atoms with Crippen molar-refractivity contribution >= 4 is 16.9 Å². The number of nitrogens with one attached hydrogen (secondary N) is 1. The summed E-state index contributed by atoms with van der Waals surface area (Å²) in [5.74, 6) is 0.988. The topological polar surface area (TPSA) is 98.5 Å². The van der Waals surface area contributed by atoms with Crippen LogP contribution in [0.3, 0.4) is 0 Å². The fourth-order valence-electron chi connectivity index (χ4n) is 3.35. The molecule has 8 nitrogen and oxygen atoms in total. The molecule has 0 radical (unpaired) electrons. The summed E-state index contributed by atoms with van der Waals surface area (Å²) in [5.41, 5.74) is 4.14. The van der Waals surface area contributed by atoms with Gasteiger partial charge in [0.05, 0.1) is 6.54 Å². The lowest BCUT2D eigenvalue weighted by Gasteiger charge is -2.13. The van der Waals surface area contributed by atoms with Gasteiger partial charge in [0, 0.05) is 6.61 Å². The summed E-state index contributed by atoms with van der Waals surface area (Å²) in [5, 5.41) is 21.1. The van der Waals surface area contributed by atoms with E-state index >= 15 is 0 Å². The number of hydrogen-bond donors (Lipinski definition) is 2. The van der Waals surface area contributed by atoms with E-state index in [-0.39, 0.29) is 19.1 Å². The van der Waals surface area contributed by atoms with Crippen LogP contribution in [0.15, 0.2) is 66.7 Å². The number of benzene rings is 3. The second-order valence-corrected chi connectivity index (χ2v) is 7.56. The lowest BCUT2D eigenvalue weighted by molar-refractivity contribution is -0.123. The van der Waals surface area contributed by atoms with E-state index in [0.29, 0.717) is 31.0 Å². The highest BCUT2D eigenvalue weighted by atomic mass is 16.5. The van der Waals surface area contributed by atoms with Gasteiger partial charge in [-0.25, -0.2) is 0 Å². The minimum absolute atomic E-state index is 0.0290. The zero-order valence-corrected chi connectivity index (χ0v) is 18.4. The van der Waals surface area contributed by atoms with Gasteiger partial charge in [-0.1, -0.05) is 30.3 Å². The van der Waals surface area contributed by atoms with Gasteiger partial charge in [0.2, 0.25) is 0 Å². The number of aromatic nitrogens is 3. The second-order valence-electron chi connectivity index (χ2n) is 7.56. The van der Waals surface area contributed by atoms with Gasteiger partial charge in [0.1, 0.15) is 34.8 Å². The summed E-state index contributed by atoms with van der Waals surface area (Å²) in [4.78, 5) is 13.8. The van der Waals surface area contributed by atoms with Crippen molar-refractivity contribution < 1.29 is 19.4 Å². The molecule has 0 unspecified atom stereocenters. The highest BCUT2D eigenvalue weighted by Crippen LogP contribution is 2.25. The van der Waals surface area contributed by atoms with Crippen molar-refractivity contribution in [3.05, 3.63) is 77.9 Å². The van der Waals surface area contributed by atoms with Crippen molar-refractivity contribution in [1.29, 1.82) is 0 Å². The Labute approximate surface area is 191 Å². The summed E-state index contributed by atoms with van der Waals surface area (Å²) >= 11 is 0. The maximum atomic E-state index is 12.3. The van der Waals surface area contributed by atoms with Crippen LogP contribution in [0.4, 0.5) is 0 Å². The molecule has 0 atom stereocenters. The monoisotopic (exact) mass is 446 g/mol. The molecule has 0 saturated carbocycles. The Morgan fingerprint density at radius 1 is 1.00 bits per heavy atom. The molecule has 0 saturated heterocycles. The Kier molecular flexibility index (Phi) is 7.16. The third-order valence-corrected chi connectivity index (χ3v) is 4.97. The Morgan fingerprint density at radius 2 is 1.79 bits per heavy atom. The van der Waals surface area contributed by atoms with Gasteiger partial charge < -0.3 is 19.9 Å². The molecule has 0 aliphatic rings. The summed E-state index contributed by atoms with van der Waals surface area (Å²) in [7, 11) is 0. The van der Waals surface area contributed by atoms with Crippen molar-refractivity contribution in [2.75, 3.05) is 26.4 Å². The fourth-order valence-corrected chi connectivity index (χ4v) is 3.35. The van der Waals surface area contributed by atoms with E-state index in [1.807, 2.05) is 67.6 Å². The van der Waals surface area contributed by atoms with Crippen LogP contribution in [0.2, 0.25) is 0 Å². The van der Waals surface area contributed by atoms with Crippen molar-refractivity contribution in [2.24, 2.45) is 0 Å². The van der Waals surface area contributed by atoms with Crippen LogP contribution in [-0.2, 0) is 11.2 Å². The minimum atomic E-state index is -0.258. The average Bonchev–Trinajstić information content (AvgIpc) is 3.25. The predicted molar refractivity (Wildman–Crippen MR) is 125 cm³/mol. The van der Waals surface area contributed by atoms with E-state index in [0.717, 1.165) is 27.9 Å². The smallest absolute Gasteiger partial charge is 0.258 e. The fraction of sp³-hybridized carbons (Fsp3) is 0.240. The number of aryl methyl sites for hydroxylation is 1. The van der Waals surface area contributed by atoms with Gasteiger partial charge in [0.25, 0.3) is 5.91 Å². The molecule has 1 amide bonds. The highest BCUT2D eigenvalue weighted by Gasteiger charge is 2.13. The number of carbonyl (C=O) groups is 1. The molecule has 2 N–H and O–H groups in total. The van der Waals surface area contributed by atoms with Crippen molar-refractivity contribution in [3.63, 3.8) is 0 Å². The molecule has 0 aliphatic carbocycles. The minimum Gasteiger partial charge on any atom is -0.492 e. The summed E-state index contributed by atoms with van der Waals surface area (Å²) in [6.07, 6.45) is 0.496. The zero-order valence-electron chi connectivity index (χ0n) is 18.4. The molecule has 0 aliphatic heterocycles. The summed E-state index contributed by atoms with van der Waals surface area (Å²) in [6.45, 7) is 2.60. The molecular weight excluding hydrogens is 420 g/mol. The first-order chi connectivity index (χ1) is 16.1. The van der Waals surface area contributed by atoms with Crippen LogP contribution in [0.25, 0.3) is 16.7 Å². The third-order valence-electron chi connectivity index (χ3n) is 4.97. The van der Waals surface area contributed by atoms with Crippen LogP contribution in [0.5, 0.6) is 11.5 Å². The maximum absolute atomic E-state index is 12.3. The number of aliphatic hydroxyl groups excluding tert-OH is 1. The van der Waals surface area contributed by atoms with Gasteiger partial charge >= 0.3 is 0 Å². The largest absolute Gasteiger partial charge is 0.492 e. The molecule has 3 aromatic carbocycles. The molecule has 4 rings (SSSR count). The van der Waals surface area contributed by atoms with Gasteiger partial charge in [-0.05, 0) is 60.9 Å². The number of carbonyl (C=O) groups excluding carboxylic acids is 1. The second kappa shape index (κ2) is 10.6. The van der Waals surface area contributed by atoms with Gasteiger partial charge in [-0.2, -0.15) is 0 Å². The molecular formula is C25H26N4O4. The van der Waals surface area contributed by atoms with Gasteiger partial charge in [-0.3, -0.25) is 4.79 Å². The van der Waals surface area contributed by atoms with Crippen LogP contribution < -0.4 is 14.8 Å². The SMILES string of the molecule is Cc1cccc(OCCNC(=O)COc2ccc(CCO)cc2-n2nc3ccccc3n2)c1. The molecule has 4 aromatic rings. The van der Waals surface area contributed by atoms with E-state index in [1.54, 1.807) is 6.07 Å². The van der Waals surface area contributed by atoms with Gasteiger partial charge in [-0.15, -0.1) is 15.0 Å². The van der Waals surface area contributed by atoms with Crippen LogP contribution in [-0.4, -0.2) is 52.4 Å². The zero-order chi connectivity index (χ0) is 23.0. The normalized spacial score (nSPS) is 10.8.